The second-order valence-corrected chi connectivity index (χ2v) is 5.17. The van der Waals surface area contributed by atoms with E-state index in [4.69, 9.17) is 17.3 Å². The van der Waals surface area contributed by atoms with E-state index in [1.165, 1.54) is 0 Å². The van der Waals surface area contributed by atoms with Crippen LogP contribution in [-0.4, -0.2) is 12.0 Å². The topological polar surface area (TPSA) is 42.1 Å². The SMILES string of the molecule is CN(c1ccccc1CN)c1ncc(Br)cc1Cl. The number of benzene rings is 1. The van der Waals surface area contributed by atoms with Crippen molar-refractivity contribution < 1.29 is 0 Å². The highest BCUT2D eigenvalue weighted by Gasteiger charge is 2.12. The number of nitrogens with two attached hydrogens (primary N) is 1. The van der Waals surface area contributed by atoms with Crippen molar-refractivity contribution in [2.75, 3.05) is 11.9 Å². The monoisotopic (exact) mass is 325 g/mol. The first kappa shape index (κ1) is 13.3. The Hall–Kier alpha value is -1.10. The van der Waals surface area contributed by atoms with Crippen LogP contribution in [0.1, 0.15) is 5.56 Å². The first-order valence-electron chi connectivity index (χ1n) is 5.46. The lowest BCUT2D eigenvalue weighted by atomic mass is 10.1. The van der Waals surface area contributed by atoms with Gasteiger partial charge in [0.15, 0.2) is 5.82 Å². The van der Waals surface area contributed by atoms with Crippen LogP contribution in [0.15, 0.2) is 41.0 Å². The zero-order chi connectivity index (χ0) is 13.1. The quantitative estimate of drug-likeness (QED) is 0.934. The summed E-state index contributed by atoms with van der Waals surface area (Å²) in [5.74, 6) is 0.709. The van der Waals surface area contributed by atoms with E-state index in [0.29, 0.717) is 17.4 Å². The van der Waals surface area contributed by atoms with Gasteiger partial charge in [-0.15, -0.1) is 0 Å². The summed E-state index contributed by atoms with van der Waals surface area (Å²) in [5, 5.41) is 0.596. The molecule has 1 aromatic heterocycles. The Labute approximate surface area is 120 Å². The van der Waals surface area contributed by atoms with E-state index in [-0.39, 0.29) is 0 Å². The fraction of sp³-hybridized carbons (Fsp3) is 0.154. The normalized spacial score (nSPS) is 10.4. The van der Waals surface area contributed by atoms with Crippen molar-refractivity contribution in [3.63, 3.8) is 0 Å². The molecule has 0 amide bonds. The number of pyridine rings is 1. The molecule has 18 heavy (non-hydrogen) atoms. The summed E-state index contributed by atoms with van der Waals surface area (Å²) in [6, 6.07) is 9.76. The number of nitrogens with zero attached hydrogens (tertiary/aromatic N) is 2. The third-order valence-electron chi connectivity index (χ3n) is 2.68. The number of rotatable bonds is 3. The lowest BCUT2D eigenvalue weighted by molar-refractivity contribution is 1.03. The van der Waals surface area contributed by atoms with Crippen LogP contribution >= 0.6 is 27.5 Å². The fourth-order valence-corrected chi connectivity index (χ4v) is 2.54. The number of para-hydroxylation sites is 1. The number of aromatic nitrogens is 1. The average molecular weight is 327 g/mol. The van der Waals surface area contributed by atoms with Gasteiger partial charge in [0, 0.05) is 29.9 Å². The summed E-state index contributed by atoms with van der Waals surface area (Å²) in [5.41, 5.74) is 7.81. The number of hydrogen-bond acceptors (Lipinski definition) is 3. The second kappa shape index (κ2) is 5.69. The minimum absolute atomic E-state index is 0.481. The molecule has 0 saturated heterocycles. The van der Waals surface area contributed by atoms with Crippen LogP contribution in [0.5, 0.6) is 0 Å². The van der Waals surface area contributed by atoms with Crippen molar-refractivity contribution in [1.29, 1.82) is 0 Å². The molecule has 0 aliphatic carbocycles. The summed E-state index contributed by atoms with van der Waals surface area (Å²) in [6.45, 7) is 0.481. The highest BCUT2D eigenvalue weighted by Crippen LogP contribution is 2.31. The molecule has 2 rings (SSSR count). The summed E-state index contributed by atoms with van der Waals surface area (Å²) >= 11 is 9.55. The maximum absolute atomic E-state index is 6.20. The first-order valence-corrected chi connectivity index (χ1v) is 6.63. The standard InChI is InChI=1S/C13H13BrClN3/c1-18(12-5-3-2-4-9(12)7-16)13-11(15)6-10(14)8-17-13/h2-6,8H,7,16H2,1H3. The molecule has 0 saturated carbocycles. The lowest BCUT2D eigenvalue weighted by Gasteiger charge is -2.22. The molecule has 0 fully saturated rings. The van der Waals surface area contributed by atoms with Gasteiger partial charge in [0.25, 0.3) is 0 Å². The highest BCUT2D eigenvalue weighted by atomic mass is 79.9. The summed E-state index contributed by atoms with van der Waals surface area (Å²) in [4.78, 5) is 6.28. The largest absolute Gasteiger partial charge is 0.328 e. The van der Waals surface area contributed by atoms with Crippen molar-refractivity contribution in [3.05, 3.63) is 51.6 Å². The van der Waals surface area contributed by atoms with Crippen molar-refractivity contribution in [3.8, 4) is 0 Å². The van der Waals surface area contributed by atoms with Crippen LogP contribution in [0.25, 0.3) is 0 Å². The van der Waals surface area contributed by atoms with Gasteiger partial charge in [-0.25, -0.2) is 4.98 Å². The van der Waals surface area contributed by atoms with E-state index >= 15 is 0 Å². The Balaban J connectivity index is 2.44. The molecule has 0 spiro atoms. The van der Waals surface area contributed by atoms with Crippen LogP contribution in [0, 0.1) is 0 Å². The maximum Gasteiger partial charge on any atom is 0.151 e. The molecule has 0 bridgehead atoms. The molecule has 2 N–H and O–H groups in total. The van der Waals surface area contributed by atoms with Crippen molar-refractivity contribution in [2.24, 2.45) is 5.73 Å². The minimum Gasteiger partial charge on any atom is -0.328 e. The van der Waals surface area contributed by atoms with Crippen LogP contribution in [0.3, 0.4) is 0 Å². The van der Waals surface area contributed by atoms with E-state index in [1.807, 2.05) is 42.3 Å². The van der Waals surface area contributed by atoms with Gasteiger partial charge in [-0.05, 0) is 33.6 Å². The Kier molecular flexibility index (Phi) is 4.22. The van der Waals surface area contributed by atoms with E-state index in [0.717, 1.165) is 15.7 Å². The Morgan fingerprint density at radius 1 is 1.39 bits per heavy atom. The molecule has 5 heteroatoms. The number of hydrogen-bond donors (Lipinski definition) is 1. The minimum atomic E-state index is 0.481. The summed E-state index contributed by atoms with van der Waals surface area (Å²) < 4.78 is 0.858. The van der Waals surface area contributed by atoms with Gasteiger partial charge in [-0.1, -0.05) is 29.8 Å². The number of halogens is 2. The lowest BCUT2D eigenvalue weighted by Crippen LogP contribution is -2.15. The zero-order valence-electron chi connectivity index (χ0n) is 9.90. The molecule has 1 heterocycles. The average Bonchev–Trinajstić information content (AvgIpc) is 2.38. The van der Waals surface area contributed by atoms with Crippen molar-refractivity contribution >= 4 is 39.0 Å². The van der Waals surface area contributed by atoms with Crippen molar-refractivity contribution in [1.82, 2.24) is 4.98 Å². The van der Waals surface area contributed by atoms with Gasteiger partial charge >= 0.3 is 0 Å². The van der Waals surface area contributed by atoms with Crippen LogP contribution in [0.2, 0.25) is 5.02 Å². The highest BCUT2D eigenvalue weighted by molar-refractivity contribution is 9.10. The van der Waals surface area contributed by atoms with Crippen molar-refractivity contribution in [2.45, 2.75) is 6.54 Å². The molecule has 1 aromatic carbocycles. The third-order valence-corrected chi connectivity index (χ3v) is 3.39. The van der Waals surface area contributed by atoms with E-state index < -0.39 is 0 Å². The molecule has 0 radical (unpaired) electrons. The third kappa shape index (κ3) is 2.66. The Bertz CT molecular complexity index is 560. The van der Waals surface area contributed by atoms with Crippen LogP contribution < -0.4 is 10.6 Å². The van der Waals surface area contributed by atoms with E-state index in [1.54, 1.807) is 6.20 Å². The molecule has 94 valence electrons. The molecular formula is C13H13BrClN3. The van der Waals surface area contributed by atoms with E-state index in [9.17, 15) is 0 Å². The Morgan fingerprint density at radius 3 is 2.78 bits per heavy atom. The number of anilines is 2. The predicted molar refractivity (Wildman–Crippen MR) is 79.3 cm³/mol. The second-order valence-electron chi connectivity index (χ2n) is 3.85. The molecule has 0 aliphatic rings. The summed E-state index contributed by atoms with van der Waals surface area (Å²) in [6.07, 6.45) is 1.72. The molecule has 0 unspecified atom stereocenters. The van der Waals surface area contributed by atoms with Gasteiger partial charge in [-0.3, -0.25) is 0 Å². The van der Waals surface area contributed by atoms with Gasteiger partial charge in [0.2, 0.25) is 0 Å². The van der Waals surface area contributed by atoms with E-state index in [2.05, 4.69) is 20.9 Å². The molecule has 3 nitrogen and oxygen atoms in total. The first-order chi connectivity index (χ1) is 8.63. The summed E-state index contributed by atoms with van der Waals surface area (Å²) in [7, 11) is 1.93. The molecule has 2 aromatic rings. The molecule has 0 aliphatic heterocycles. The van der Waals surface area contributed by atoms with Crippen LogP contribution in [-0.2, 0) is 6.54 Å². The Morgan fingerprint density at radius 2 is 2.11 bits per heavy atom. The van der Waals surface area contributed by atoms with Gasteiger partial charge in [0.1, 0.15) is 0 Å². The van der Waals surface area contributed by atoms with Crippen LogP contribution in [0.4, 0.5) is 11.5 Å². The van der Waals surface area contributed by atoms with Gasteiger partial charge in [0.05, 0.1) is 5.02 Å². The zero-order valence-corrected chi connectivity index (χ0v) is 12.2. The fourth-order valence-electron chi connectivity index (χ4n) is 1.78. The smallest absolute Gasteiger partial charge is 0.151 e. The predicted octanol–water partition coefficient (Wildman–Crippen LogP) is 3.72. The van der Waals surface area contributed by atoms with Gasteiger partial charge < -0.3 is 10.6 Å². The van der Waals surface area contributed by atoms with Gasteiger partial charge in [-0.2, -0.15) is 0 Å². The maximum atomic E-state index is 6.20. The molecule has 0 atom stereocenters. The molecular weight excluding hydrogens is 314 g/mol.